The number of nitrogens with one attached hydrogen (secondary N) is 2. The van der Waals surface area contributed by atoms with E-state index >= 15 is 0 Å². The summed E-state index contributed by atoms with van der Waals surface area (Å²) in [6, 6.07) is 0.866. The Balaban J connectivity index is 1.14. The largest absolute Gasteiger partial charge is 0.504 e. The van der Waals surface area contributed by atoms with E-state index in [2.05, 4.69) is 28.5 Å². The molecule has 326 valence electrons. The average Bonchev–Trinajstić information content (AvgIpc) is 3.72. The number of esters is 2. The fourth-order valence-electron chi connectivity index (χ4n) is 10.2. The van der Waals surface area contributed by atoms with Crippen molar-refractivity contribution in [3.8, 4) is 34.8 Å². The Kier molecular flexibility index (Phi) is 14.4. The van der Waals surface area contributed by atoms with Crippen molar-refractivity contribution in [2.75, 3.05) is 26.3 Å². The molecule has 2 fully saturated rings. The van der Waals surface area contributed by atoms with Crippen molar-refractivity contribution in [3.05, 3.63) is 39.4 Å². The quantitative estimate of drug-likeness (QED) is 0.0801. The lowest BCUT2D eigenvalue weighted by molar-refractivity contribution is -0.151. The van der Waals surface area contributed by atoms with Gasteiger partial charge in [0.2, 0.25) is 12.7 Å². The van der Waals surface area contributed by atoms with Crippen molar-refractivity contribution in [2.45, 2.75) is 166 Å². The van der Waals surface area contributed by atoms with Crippen LogP contribution in [-0.4, -0.2) is 78.3 Å². The van der Waals surface area contributed by atoms with Gasteiger partial charge in [-0.3, -0.25) is 14.5 Å². The van der Waals surface area contributed by atoms with Crippen LogP contribution in [0.1, 0.15) is 154 Å². The van der Waals surface area contributed by atoms with Gasteiger partial charge in [0, 0.05) is 53.4 Å². The van der Waals surface area contributed by atoms with Gasteiger partial charge in [-0.1, -0.05) is 90.0 Å². The minimum Gasteiger partial charge on any atom is -0.504 e. The van der Waals surface area contributed by atoms with Gasteiger partial charge >= 0.3 is 11.9 Å². The first-order valence-electron chi connectivity index (χ1n) is 22.1. The van der Waals surface area contributed by atoms with E-state index in [1.165, 1.54) is 90.0 Å². The number of phenols is 1. The Labute approximate surface area is 358 Å². The van der Waals surface area contributed by atoms with E-state index in [0.717, 1.165) is 30.4 Å². The summed E-state index contributed by atoms with van der Waals surface area (Å²) in [5, 5.41) is 29.0. The van der Waals surface area contributed by atoms with Gasteiger partial charge in [-0.05, 0) is 37.8 Å². The van der Waals surface area contributed by atoms with Gasteiger partial charge in [-0.15, -0.1) is 11.8 Å². The minimum atomic E-state index is -0.946. The number of carbonyl (C=O) groups excluding carboxylic acids is 3. The Morgan fingerprint density at radius 2 is 1.63 bits per heavy atom. The van der Waals surface area contributed by atoms with Gasteiger partial charge in [0.1, 0.15) is 24.4 Å². The number of carbonyl (C=O) groups is 3. The van der Waals surface area contributed by atoms with E-state index in [-0.39, 0.29) is 36.9 Å². The van der Waals surface area contributed by atoms with Gasteiger partial charge in [0.15, 0.2) is 23.0 Å². The summed E-state index contributed by atoms with van der Waals surface area (Å²) in [5.41, 5.74) is 4.30. The topological polar surface area (TPSA) is 169 Å². The summed E-state index contributed by atoms with van der Waals surface area (Å²) < 4.78 is 30.0. The number of methoxy groups -OCH3 is 1. The van der Waals surface area contributed by atoms with Crippen LogP contribution in [0, 0.1) is 25.2 Å². The molecule has 6 aliphatic heterocycles. The first-order chi connectivity index (χ1) is 29.1. The van der Waals surface area contributed by atoms with E-state index < -0.39 is 47.4 Å². The second-order valence-corrected chi connectivity index (χ2v) is 18.2. The van der Waals surface area contributed by atoms with Crippen LogP contribution in [0.5, 0.6) is 28.7 Å². The summed E-state index contributed by atoms with van der Waals surface area (Å²) in [7, 11) is 1.53. The van der Waals surface area contributed by atoms with Crippen LogP contribution in [0.4, 0.5) is 0 Å². The molecule has 0 spiro atoms. The highest BCUT2D eigenvalue weighted by Gasteiger charge is 2.59. The number of nitrogens with zero attached hydrogens (tertiary/aromatic N) is 2. The maximum Gasteiger partial charge on any atom is 0.329 e. The average molecular weight is 847 g/mol. The summed E-state index contributed by atoms with van der Waals surface area (Å²) in [5.74, 6) is 0.500. The van der Waals surface area contributed by atoms with Crippen molar-refractivity contribution in [1.82, 2.24) is 15.5 Å². The second kappa shape index (κ2) is 19.7. The number of amides is 1. The summed E-state index contributed by atoms with van der Waals surface area (Å²) >= 11 is 1.43. The highest BCUT2D eigenvalue weighted by atomic mass is 32.2. The van der Waals surface area contributed by atoms with Crippen LogP contribution < -0.4 is 29.6 Å². The predicted octanol–water partition coefficient (Wildman–Crippen LogP) is 7.86. The third-order valence-electron chi connectivity index (χ3n) is 13.0. The minimum absolute atomic E-state index is 0.0313. The monoisotopic (exact) mass is 846 g/mol. The molecule has 0 aliphatic carbocycles. The fraction of sp³-hybridized carbons (Fsp3) is 0.652. The maximum atomic E-state index is 13.9. The van der Waals surface area contributed by atoms with Crippen molar-refractivity contribution in [2.24, 2.45) is 0 Å². The predicted molar refractivity (Wildman–Crippen MR) is 228 cm³/mol. The molecule has 0 radical (unpaired) electrons. The molecule has 1 amide bonds. The Bertz CT molecular complexity index is 1970. The number of rotatable bonds is 17. The molecule has 0 saturated carbocycles. The van der Waals surface area contributed by atoms with Crippen molar-refractivity contribution >= 4 is 29.6 Å². The lowest BCUT2D eigenvalue weighted by Crippen LogP contribution is -2.69. The lowest BCUT2D eigenvalue weighted by Gasteiger charge is -2.59. The number of unbranched alkanes of at least 4 members (excludes halogenated alkanes) is 12. The number of ether oxygens (including phenoxy) is 5. The number of thioether (sulfide) groups is 1. The highest BCUT2D eigenvalue weighted by Crippen LogP contribution is 2.62. The number of benzene rings is 2. The summed E-state index contributed by atoms with van der Waals surface area (Å²) in [4.78, 5) is 42.3. The van der Waals surface area contributed by atoms with Gasteiger partial charge in [-0.2, -0.15) is 5.26 Å². The molecule has 2 aromatic carbocycles. The summed E-state index contributed by atoms with van der Waals surface area (Å²) in [6.45, 7) is 7.09. The molecular weight excluding hydrogens is 785 g/mol. The molecule has 2 saturated heterocycles. The number of hydrogen-bond acceptors (Lipinski definition) is 13. The lowest BCUT2D eigenvalue weighted by atomic mass is 9.72. The van der Waals surface area contributed by atoms with Crippen LogP contribution in [0.25, 0.3) is 0 Å². The molecule has 6 aliphatic rings. The zero-order valence-corrected chi connectivity index (χ0v) is 36.7. The third kappa shape index (κ3) is 8.77. The van der Waals surface area contributed by atoms with Gasteiger partial charge in [-0.25, -0.2) is 4.79 Å². The number of aryl methyl sites for hydroxylation is 1. The fourth-order valence-corrected chi connectivity index (χ4v) is 11.8. The standard InChI is InChI=1S/C46H62N4O9S/c1-6-7-8-9-10-11-12-13-14-15-16-17-18-19-34(52)48-31-24-60-45-37-36(44-43(57-25-58-44)27(3)42(37)59-28(4)51)33(23-56-46(31)54)50-32(22-47)30-21-29-20-26(2)41(55-5)40(53)35(29)38(49-30)39(45)50/h20,30-33,38-39,45,49,53H,6-19,21,23-25H2,1-5H3,(H,48,52)/t30?,31?,32-,33-,38?,39+,45+/m0/s1. The molecule has 60 heavy (non-hydrogen) atoms. The molecule has 13 nitrogen and oxygen atoms in total. The van der Waals surface area contributed by atoms with Gasteiger partial charge in [0.25, 0.3) is 0 Å². The molecule has 6 heterocycles. The van der Waals surface area contributed by atoms with Crippen molar-refractivity contribution in [3.63, 3.8) is 0 Å². The number of fused-ring (bicyclic) bond motifs is 10. The van der Waals surface area contributed by atoms with Gasteiger partial charge in [0.05, 0.1) is 30.5 Å². The van der Waals surface area contributed by atoms with E-state index in [0.29, 0.717) is 58.1 Å². The zero-order valence-electron chi connectivity index (χ0n) is 35.9. The first kappa shape index (κ1) is 43.9. The molecule has 3 N–H and O–H groups in total. The molecule has 14 heteroatoms. The van der Waals surface area contributed by atoms with Gasteiger partial charge < -0.3 is 39.4 Å². The van der Waals surface area contributed by atoms with E-state index in [1.807, 2.05) is 19.9 Å². The zero-order chi connectivity index (χ0) is 42.5. The molecule has 2 aromatic rings. The molecule has 0 aromatic heterocycles. The Morgan fingerprint density at radius 3 is 2.28 bits per heavy atom. The summed E-state index contributed by atoms with van der Waals surface area (Å²) in [6.07, 6.45) is 16.5. The smallest absolute Gasteiger partial charge is 0.329 e. The SMILES string of the molecule is CCCCCCCCCCCCCCCC(=O)NC1CS[C@@H]2c3c(OC(C)=O)c(C)c4c(c3[C@H](COC1=O)N1[C@@H]2C2NC(Cc3cc(C)c(OC)c(O)c32)[C@@H]1C#N)OCO4. The van der Waals surface area contributed by atoms with E-state index in [4.69, 9.17) is 23.7 Å². The van der Waals surface area contributed by atoms with E-state index in [9.17, 15) is 24.8 Å². The molecule has 8 rings (SSSR count). The highest BCUT2D eigenvalue weighted by molar-refractivity contribution is 7.99. The van der Waals surface area contributed by atoms with Crippen LogP contribution in [-0.2, 0) is 25.5 Å². The third-order valence-corrected chi connectivity index (χ3v) is 14.4. The van der Waals surface area contributed by atoms with Crippen molar-refractivity contribution in [1.29, 1.82) is 5.26 Å². The second-order valence-electron chi connectivity index (χ2n) is 17.1. The number of aromatic hydroxyl groups is 1. The molecular formula is C46H62N4O9S. The van der Waals surface area contributed by atoms with Crippen LogP contribution in [0.3, 0.4) is 0 Å². The number of nitriles is 1. The van der Waals surface area contributed by atoms with Crippen LogP contribution >= 0.6 is 11.8 Å². The molecule has 4 bridgehead atoms. The maximum absolute atomic E-state index is 13.9. The first-order valence-corrected chi connectivity index (χ1v) is 23.2. The van der Waals surface area contributed by atoms with Crippen molar-refractivity contribution < 1.29 is 43.2 Å². The Morgan fingerprint density at radius 1 is 0.967 bits per heavy atom. The molecule has 7 atom stereocenters. The van der Waals surface area contributed by atoms with Crippen LogP contribution in [0.15, 0.2) is 6.07 Å². The molecule has 3 unspecified atom stereocenters. The van der Waals surface area contributed by atoms with Crippen LogP contribution in [0.2, 0.25) is 0 Å². The number of phenolic OH excluding ortho intramolecular Hbond substituents is 1. The number of hydrogen-bond donors (Lipinski definition) is 3. The van der Waals surface area contributed by atoms with E-state index in [1.54, 1.807) is 0 Å². The Hall–Kier alpha value is -4.19. The normalized spacial score (nSPS) is 25.0. The number of piperazine rings is 1.